The van der Waals surface area contributed by atoms with Crippen LogP contribution in [0, 0.1) is 0 Å². The molecule has 25 heavy (non-hydrogen) atoms. The van der Waals surface area contributed by atoms with Gasteiger partial charge in [0.05, 0.1) is 43.6 Å². The van der Waals surface area contributed by atoms with E-state index < -0.39 is 80.4 Å². The fraction of sp³-hybridized carbons (Fsp3) is 1.00. The van der Waals surface area contributed by atoms with Crippen molar-refractivity contribution < 1.29 is 50.3 Å². The summed E-state index contributed by atoms with van der Waals surface area (Å²) in [6.07, 6.45) is -12.0. The van der Waals surface area contributed by atoms with Gasteiger partial charge in [0.2, 0.25) is 0 Å². The third kappa shape index (κ3) is 3.09. The molecule has 3 saturated heterocycles. The molecule has 0 amide bonds. The largest absolute Gasteiger partial charge is 0.395 e. The van der Waals surface area contributed by atoms with E-state index in [1.165, 1.54) is 4.90 Å². The van der Waals surface area contributed by atoms with Crippen LogP contribution in [-0.2, 0) is 9.47 Å². The van der Waals surface area contributed by atoms with Gasteiger partial charge in [0, 0.05) is 6.54 Å². The Bertz CT molecular complexity index is 467. The van der Waals surface area contributed by atoms with E-state index in [0.717, 1.165) is 0 Å². The summed E-state index contributed by atoms with van der Waals surface area (Å²) in [4.78, 5) is 1.52. The zero-order valence-corrected chi connectivity index (χ0v) is 13.3. The Morgan fingerprint density at radius 1 is 0.800 bits per heavy atom. The molecule has 3 aliphatic rings. The molecule has 0 aromatic rings. The normalized spacial score (nSPS) is 54.0. The molecule has 2 unspecified atom stereocenters. The first-order valence-corrected chi connectivity index (χ1v) is 8.18. The topological polar surface area (TPSA) is 184 Å². The van der Waals surface area contributed by atoms with E-state index in [4.69, 9.17) is 9.47 Å². The van der Waals surface area contributed by atoms with Crippen molar-refractivity contribution in [2.24, 2.45) is 0 Å². The molecule has 3 aliphatic heterocycles. The summed E-state index contributed by atoms with van der Waals surface area (Å²) in [6.45, 7) is -0.987. The quantitative estimate of drug-likeness (QED) is 0.237. The van der Waals surface area contributed by atoms with Crippen LogP contribution in [-0.4, -0.2) is 133 Å². The summed E-state index contributed by atoms with van der Waals surface area (Å²) in [5.41, 5.74) is 0. The minimum absolute atomic E-state index is 0.0419. The van der Waals surface area contributed by atoms with Gasteiger partial charge >= 0.3 is 0 Å². The van der Waals surface area contributed by atoms with Crippen LogP contribution in [0.15, 0.2) is 0 Å². The summed E-state index contributed by atoms with van der Waals surface area (Å²) in [5.74, 6) is 0. The highest BCUT2D eigenvalue weighted by molar-refractivity contribution is 5.10. The number of ether oxygens (including phenoxy) is 2. The number of fused-ring (bicyclic) bond motifs is 1. The fourth-order valence-corrected chi connectivity index (χ4v) is 3.92. The molecule has 11 nitrogen and oxygen atoms in total. The maximum absolute atomic E-state index is 10.4. The minimum Gasteiger partial charge on any atom is -0.395 e. The lowest BCUT2D eigenvalue weighted by Gasteiger charge is -2.40. The highest BCUT2D eigenvalue weighted by Crippen LogP contribution is 2.36. The van der Waals surface area contributed by atoms with Crippen molar-refractivity contribution in [2.75, 3.05) is 19.8 Å². The van der Waals surface area contributed by atoms with Crippen molar-refractivity contribution in [3.8, 4) is 0 Å². The monoisotopic (exact) mass is 367 g/mol. The second kappa shape index (κ2) is 7.29. The van der Waals surface area contributed by atoms with Gasteiger partial charge in [-0.1, -0.05) is 0 Å². The molecule has 0 aliphatic carbocycles. The first-order valence-electron chi connectivity index (χ1n) is 8.18. The third-order valence-corrected chi connectivity index (χ3v) is 5.37. The molecule has 11 heteroatoms. The molecular weight excluding hydrogens is 342 g/mol. The average Bonchev–Trinajstić information content (AvgIpc) is 3.03. The van der Waals surface area contributed by atoms with Crippen LogP contribution in [0.2, 0.25) is 0 Å². The van der Waals surface area contributed by atoms with Gasteiger partial charge in [0.25, 0.3) is 0 Å². The van der Waals surface area contributed by atoms with E-state index in [0.29, 0.717) is 0 Å². The average molecular weight is 367 g/mol. The Hall–Kier alpha value is -0.440. The Labute approximate surface area is 143 Å². The van der Waals surface area contributed by atoms with Gasteiger partial charge in [-0.05, 0) is 0 Å². The summed E-state index contributed by atoms with van der Waals surface area (Å²) in [5, 5.41) is 78.5. The van der Waals surface area contributed by atoms with Crippen molar-refractivity contribution >= 4 is 0 Å². The Kier molecular flexibility index (Phi) is 5.63. The predicted octanol–water partition coefficient (Wildman–Crippen LogP) is -5.69. The number of hydrogen-bond acceptors (Lipinski definition) is 11. The molecular formula is C14H25NO10. The van der Waals surface area contributed by atoms with Crippen LogP contribution in [0.1, 0.15) is 0 Å². The molecule has 0 aromatic carbocycles. The van der Waals surface area contributed by atoms with E-state index in [2.05, 4.69) is 0 Å². The van der Waals surface area contributed by atoms with Crippen molar-refractivity contribution in [1.29, 1.82) is 0 Å². The van der Waals surface area contributed by atoms with Crippen molar-refractivity contribution in [1.82, 2.24) is 4.90 Å². The third-order valence-electron chi connectivity index (χ3n) is 5.37. The second-order valence-electron chi connectivity index (χ2n) is 6.78. The summed E-state index contributed by atoms with van der Waals surface area (Å²) < 4.78 is 10.8. The smallest absolute Gasteiger partial charge is 0.187 e. The molecule has 0 spiro atoms. The van der Waals surface area contributed by atoms with Crippen LogP contribution in [0.3, 0.4) is 0 Å². The lowest BCUT2D eigenvalue weighted by atomic mass is 9.99. The summed E-state index contributed by atoms with van der Waals surface area (Å²) in [6, 6.07) is -1.62. The zero-order chi connectivity index (χ0) is 18.5. The predicted molar refractivity (Wildman–Crippen MR) is 78.0 cm³/mol. The maximum Gasteiger partial charge on any atom is 0.187 e. The SMILES string of the molecule is OCC1O[C@H](O[C@H]2CN3[C@@H]([C@@H](O)[C@H](O)[C@@H]3CO)[C@@H]2O)C(O)[C@@H](O)[C@@H]1O. The van der Waals surface area contributed by atoms with Gasteiger partial charge in [-0.25, -0.2) is 0 Å². The Morgan fingerprint density at radius 3 is 2.08 bits per heavy atom. The highest BCUT2D eigenvalue weighted by atomic mass is 16.7. The number of aliphatic hydroxyl groups is 8. The fourth-order valence-electron chi connectivity index (χ4n) is 3.92. The van der Waals surface area contributed by atoms with Gasteiger partial charge in [-0.3, -0.25) is 4.90 Å². The molecule has 11 atom stereocenters. The second-order valence-corrected chi connectivity index (χ2v) is 6.78. The Balaban J connectivity index is 1.70. The molecule has 3 rings (SSSR count). The van der Waals surface area contributed by atoms with Gasteiger partial charge in [0.15, 0.2) is 6.29 Å². The zero-order valence-electron chi connectivity index (χ0n) is 13.3. The van der Waals surface area contributed by atoms with E-state index >= 15 is 0 Å². The molecule has 0 aromatic heterocycles. The molecule has 8 N–H and O–H groups in total. The number of hydrogen-bond donors (Lipinski definition) is 8. The van der Waals surface area contributed by atoms with Crippen LogP contribution >= 0.6 is 0 Å². The van der Waals surface area contributed by atoms with Crippen LogP contribution in [0.25, 0.3) is 0 Å². The van der Waals surface area contributed by atoms with Gasteiger partial charge in [-0.15, -0.1) is 0 Å². The van der Waals surface area contributed by atoms with E-state index in [1.807, 2.05) is 0 Å². The highest BCUT2D eigenvalue weighted by Gasteiger charge is 2.58. The van der Waals surface area contributed by atoms with Crippen LogP contribution < -0.4 is 0 Å². The first kappa shape index (κ1) is 19.3. The van der Waals surface area contributed by atoms with Crippen LogP contribution in [0.4, 0.5) is 0 Å². The molecule has 3 heterocycles. The Morgan fingerprint density at radius 2 is 1.48 bits per heavy atom. The number of nitrogens with zero attached hydrogens (tertiary/aromatic N) is 1. The van der Waals surface area contributed by atoms with Crippen molar-refractivity contribution in [3.63, 3.8) is 0 Å². The van der Waals surface area contributed by atoms with Gasteiger partial charge < -0.3 is 50.3 Å². The minimum atomic E-state index is -1.61. The molecule has 146 valence electrons. The van der Waals surface area contributed by atoms with Crippen molar-refractivity contribution in [3.05, 3.63) is 0 Å². The summed E-state index contributed by atoms with van der Waals surface area (Å²) in [7, 11) is 0. The molecule has 0 saturated carbocycles. The molecule has 0 bridgehead atoms. The van der Waals surface area contributed by atoms with Gasteiger partial charge in [0.1, 0.15) is 30.5 Å². The lowest BCUT2D eigenvalue weighted by Crippen LogP contribution is -2.60. The van der Waals surface area contributed by atoms with E-state index in [1.54, 1.807) is 0 Å². The molecule has 0 radical (unpaired) electrons. The molecule has 3 fully saturated rings. The van der Waals surface area contributed by atoms with Gasteiger partial charge in [-0.2, -0.15) is 0 Å². The first-order chi connectivity index (χ1) is 11.8. The van der Waals surface area contributed by atoms with E-state index in [-0.39, 0.29) is 6.54 Å². The number of aliphatic hydroxyl groups excluding tert-OH is 8. The lowest BCUT2D eigenvalue weighted by molar-refractivity contribution is -0.314. The number of rotatable bonds is 4. The standard InChI is InChI=1S/C14H25NO10/c16-2-4-8(18)11(21)7-9(19)5(1-15(4)7)24-14-13(23)12(22)10(20)6(3-17)25-14/h4-14,16-23H,1-3H2/t4-,5-,6?,7+,8+,9+,10+,11+,12-,13?,14-/m0/s1. The van der Waals surface area contributed by atoms with Crippen LogP contribution in [0.5, 0.6) is 0 Å². The maximum atomic E-state index is 10.4. The summed E-state index contributed by atoms with van der Waals surface area (Å²) >= 11 is 0. The van der Waals surface area contributed by atoms with Crippen molar-refractivity contribution in [2.45, 2.75) is 67.2 Å². The van der Waals surface area contributed by atoms with E-state index in [9.17, 15) is 40.9 Å².